The summed E-state index contributed by atoms with van der Waals surface area (Å²) in [6.45, 7) is 9.08. The predicted molar refractivity (Wildman–Crippen MR) is 148 cm³/mol. The lowest BCUT2D eigenvalue weighted by molar-refractivity contribution is 1.47. The summed E-state index contributed by atoms with van der Waals surface area (Å²) >= 11 is 9.47. The molecule has 0 atom stereocenters. The van der Waals surface area contributed by atoms with Crippen molar-refractivity contribution in [3.8, 4) is 42.4 Å². The van der Waals surface area contributed by atoms with Gasteiger partial charge in [-0.15, -0.1) is 34.0 Å². The Bertz CT molecular complexity index is 1300. The van der Waals surface area contributed by atoms with E-state index in [1.165, 1.54) is 67.1 Å². The molecule has 0 saturated heterocycles. The van der Waals surface area contributed by atoms with E-state index in [1.54, 1.807) is 0 Å². The summed E-state index contributed by atoms with van der Waals surface area (Å²) in [6.07, 6.45) is 0. The molecule has 4 heteroatoms. The van der Waals surface area contributed by atoms with Crippen molar-refractivity contribution in [1.82, 2.24) is 0 Å². The van der Waals surface area contributed by atoms with Crippen molar-refractivity contribution in [3.63, 3.8) is 0 Å². The average Bonchev–Trinajstić information content (AvgIpc) is 3.41. The maximum absolute atomic E-state index is 3.80. The third-order valence-corrected chi connectivity index (χ3v) is 10.1. The molecule has 0 unspecified atom stereocenters. The van der Waals surface area contributed by atoms with E-state index in [0.29, 0.717) is 0 Å². The molecule has 0 spiro atoms. The summed E-state index contributed by atoms with van der Waals surface area (Å²) in [4.78, 5) is 6.87. The highest BCUT2D eigenvalue weighted by Gasteiger charge is 2.24. The van der Waals surface area contributed by atoms with Gasteiger partial charge in [-0.3, -0.25) is 0 Å². The number of thiophene rings is 3. The van der Waals surface area contributed by atoms with E-state index in [-0.39, 0.29) is 0 Å². The zero-order valence-electron chi connectivity index (χ0n) is 18.5. The topological polar surface area (TPSA) is 0 Å². The van der Waals surface area contributed by atoms with Crippen molar-refractivity contribution in [2.75, 3.05) is 0 Å². The molecule has 3 heterocycles. The van der Waals surface area contributed by atoms with Crippen LogP contribution in [0.3, 0.4) is 0 Å². The van der Waals surface area contributed by atoms with Gasteiger partial charge in [0.1, 0.15) is 0 Å². The lowest BCUT2D eigenvalue weighted by Crippen LogP contribution is -1.86. The number of halogens is 1. The molecule has 160 valence electrons. The van der Waals surface area contributed by atoms with Gasteiger partial charge in [0.25, 0.3) is 0 Å². The van der Waals surface area contributed by atoms with Crippen LogP contribution in [0, 0.1) is 27.7 Å². The molecule has 0 aliphatic rings. The molecule has 5 rings (SSSR count). The predicted octanol–water partition coefficient (Wildman–Crippen LogP) is 10.5. The smallest absolute Gasteiger partial charge is 0.0711 e. The number of hydrogen-bond acceptors (Lipinski definition) is 3. The lowest BCUT2D eigenvalue weighted by atomic mass is 9.96. The first-order chi connectivity index (χ1) is 15.5. The Balaban J connectivity index is 1.70. The SMILES string of the molecule is Cc1sc(-c2ccccc2)c(C)c1-c1cc(Br)sc1-c1c(C)sc(-c2ccccc2)c1C. The Morgan fingerprint density at radius 3 is 1.56 bits per heavy atom. The van der Waals surface area contributed by atoms with Crippen LogP contribution in [0.4, 0.5) is 0 Å². The summed E-state index contributed by atoms with van der Waals surface area (Å²) in [6, 6.07) is 23.8. The number of hydrogen-bond donors (Lipinski definition) is 0. The normalized spacial score (nSPS) is 11.3. The Kier molecular flexibility index (Phi) is 5.98. The van der Waals surface area contributed by atoms with E-state index in [1.807, 2.05) is 34.0 Å². The largest absolute Gasteiger partial charge is 0.140 e. The quantitative estimate of drug-likeness (QED) is 0.215. The summed E-state index contributed by atoms with van der Waals surface area (Å²) in [5, 5.41) is 0. The summed E-state index contributed by atoms with van der Waals surface area (Å²) in [5.41, 5.74) is 9.48. The average molecular weight is 536 g/mol. The highest BCUT2D eigenvalue weighted by atomic mass is 79.9. The maximum atomic E-state index is 3.80. The first-order valence-corrected chi connectivity index (χ1v) is 13.8. The van der Waals surface area contributed by atoms with Gasteiger partial charge in [0.2, 0.25) is 0 Å². The molecule has 2 aromatic carbocycles. The van der Waals surface area contributed by atoms with Gasteiger partial charge in [-0.05, 0) is 71.9 Å². The van der Waals surface area contributed by atoms with Gasteiger partial charge in [-0.1, -0.05) is 60.7 Å². The van der Waals surface area contributed by atoms with Gasteiger partial charge >= 0.3 is 0 Å². The Hall–Kier alpha value is -1.98. The van der Waals surface area contributed by atoms with Gasteiger partial charge in [-0.25, -0.2) is 0 Å². The van der Waals surface area contributed by atoms with E-state index in [0.717, 1.165) is 0 Å². The van der Waals surface area contributed by atoms with Gasteiger partial charge in [0.15, 0.2) is 0 Å². The lowest BCUT2D eigenvalue weighted by Gasteiger charge is -2.08. The van der Waals surface area contributed by atoms with Crippen molar-refractivity contribution in [1.29, 1.82) is 0 Å². The van der Waals surface area contributed by atoms with Crippen LogP contribution >= 0.6 is 49.9 Å². The molecular formula is C28H23BrS3. The molecule has 0 aliphatic carbocycles. The molecule has 0 aliphatic heterocycles. The Labute approximate surface area is 210 Å². The van der Waals surface area contributed by atoms with Gasteiger partial charge < -0.3 is 0 Å². The van der Waals surface area contributed by atoms with Crippen molar-refractivity contribution >= 4 is 49.9 Å². The van der Waals surface area contributed by atoms with Crippen LogP contribution in [0.25, 0.3) is 42.4 Å². The molecule has 5 aromatic rings. The van der Waals surface area contributed by atoms with Crippen LogP contribution < -0.4 is 0 Å². The Morgan fingerprint density at radius 1 is 0.562 bits per heavy atom. The van der Waals surface area contributed by atoms with Crippen LogP contribution in [-0.2, 0) is 0 Å². The highest BCUT2D eigenvalue weighted by Crippen LogP contribution is 2.52. The second-order valence-electron chi connectivity index (χ2n) is 8.00. The monoisotopic (exact) mass is 534 g/mol. The minimum atomic E-state index is 1.18. The summed E-state index contributed by atoms with van der Waals surface area (Å²) in [7, 11) is 0. The molecule has 32 heavy (non-hydrogen) atoms. The fourth-order valence-electron chi connectivity index (χ4n) is 4.50. The summed E-state index contributed by atoms with van der Waals surface area (Å²) < 4.78 is 1.18. The van der Waals surface area contributed by atoms with Gasteiger partial charge in [0.05, 0.1) is 3.79 Å². The maximum Gasteiger partial charge on any atom is 0.0711 e. The number of aryl methyl sites for hydroxylation is 2. The molecule has 0 saturated carbocycles. The van der Waals surface area contributed by atoms with Gasteiger partial charge in [-0.2, -0.15) is 0 Å². The van der Waals surface area contributed by atoms with E-state index in [9.17, 15) is 0 Å². The second kappa shape index (κ2) is 8.75. The third kappa shape index (κ3) is 3.73. The minimum Gasteiger partial charge on any atom is -0.140 e. The van der Waals surface area contributed by atoms with Crippen molar-refractivity contribution < 1.29 is 0 Å². The van der Waals surface area contributed by atoms with E-state index < -0.39 is 0 Å². The molecule has 0 bridgehead atoms. The molecule has 0 fully saturated rings. The molecule has 0 radical (unpaired) electrons. The number of rotatable bonds is 4. The summed E-state index contributed by atoms with van der Waals surface area (Å²) in [5.74, 6) is 0. The van der Waals surface area contributed by atoms with Crippen LogP contribution in [-0.4, -0.2) is 0 Å². The zero-order chi connectivity index (χ0) is 22.4. The highest BCUT2D eigenvalue weighted by molar-refractivity contribution is 9.11. The first kappa shape index (κ1) is 21.8. The first-order valence-electron chi connectivity index (χ1n) is 10.6. The molecule has 0 nitrogen and oxygen atoms in total. The fourth-order valence-corrected chi connectivity index (χ4v) is 8.68. The third-order valence-electron chi connectivity index (χ3n) is 5.92. The van der Waals surface area contributed by atoms with Crippen LogP contribution in [0.2, 0.25) is 0 Å². The fraction of sp³-hybridized carbons (Fsp3) is 0.143. The molecule has 0 N–H and O–H groups in total. The van der Waals surface area contributed by atoms with E-state index in [2.05, 4.69) is 110 Å². The Morgan fingerprint density at radius 2 is 1.03 bits per heavy atom. The van der Waals surface area contributed by atoms with Crippen LogP contribution in [0.5, 0.6) is 0 Å². The molecular weight excluding hydrogens is 512 g/mol. The van der Waals surface area contributed by atoms with Gasteiger partial charge in [0, 0.05) is 41.1 Å². The van der Waals surface area contributed by atoms with E-state index in [4.69, 9.17) is 0 Å². The minimum absolute atomic E-state index is 1.18. The molecule has 0 amide bonds. The van der Waals surface area contributed by atoms with Crippen LogP contribution in [0.1, 0.15) is 20.9 Å². The number of benzene rings is 2. The van der Waals surface area contributed by atoms with Crippen molar-refractivity contribution in [2.45, 2.75) is 27.7 Å². The molecule has 3 aromatic heterocycles. The van der Waals surface area contributed by atoms with Crippen LogP contribution in [0.15, 0.2) is 70.5 Å². The van der Waals surface area contributed by atoms with Crippen molar-refractivity contribution in [2.24, 2.45) is 0 Å². The second-order valence-corrected chi connectivity index (χ2v) is 12.9. The van der Waals surface area contributed by atoms with Crippen molar-refractivity contribution in [3.05, 3.63) is 91.4 Å². The standard InChI is InChI=1S/C28H23BrS3/c1-16-24(18(3)30-26(16)20-11-7-5-8-12-20)22-15-23(29)32-28(22)25-17(2)27(31-19(25)4)21-13-9-6-10-14-21/h5-15H,1-4H3. The zero-order valence-corrected chi connectivity index (χ0v) is 22.5. The van der Waals surface area contributed by atoms with E-state index >= 15 is 0 Å².